The van der Waals surface area contributed by atoms with Crippen LogP contribution in [0.2, 0.25) is 0 Å². The molecule has 0 aliphatic heterocycles. The van der Waals surface area contributed by atoms with Gasteiger partial charge in [0, 0.05) is 22.8 Å². The third kappa shape index (κ3) is 2.90. The second kappa shape index (κ2) is 4.81. The Balaban J connectivity index is 1.97. The van der Waals surface area contributed by atoms with Gasteiger partial charge in [-0.25, -0.2) is 13.2 Å². The number of halogens is 1. The van der Waals surface area contributed by atoms with Gasteiger partial charge in [-0.15, -0.1) is 0 Å². The van der Waals surface area contributed by atoms with Gasteiger partial charge in [0.15, 0.2) is 10.7 Å². The van der Waals surface area contributed by atoms with Crippen molar-refractivity contribution >= 4 is 19.7 Å². The standard InChI is InChI=1S/C10H9ClN4O5S/c11-21(18,19)6-3-15(10(17)13-9(6)16)4-7-12-8(14-20-7)5-1-2-5/h3,5H,1-2,4H2,(H,13,16,17). The Morgan fingerprint density at radius 2 is 2.14 bits per heavy atom. The zero-order chi connectivity index (χ0) is 15.2. The van der Waals surface area contributed by atoms with Gasteiger partial charge in [-0.05, 0) is 12.8 Å². The van der Waals surface area contributed by atoms with Crippen molar-refractivity contribution < 1.29 is 12.9 Å². The van der Waals surface area contributed by atoms with Crippen molar-refractivity contribution in [1.82, 2.24) is 19.7 Å². The van der Waals surface area contributed by atoms with Crippen molar-refractivity contribution in [2.24, 2.45) is 0 Å². The Bertz CT molecular complexity index is 908. The molecule has 2 aromatic rings. The summed E-state index contributed by atoms with van der Waals surface area (Å²) in [6.45, 7) is -0.158. The summed E-state index contributed by atoms with van der Waals surface area (Å²) in [6.07, 6.45) is 2.84. The molecule has 112 valence electrons. The van der Waals surface area contributed by atoms with E-state index in [0.717, 1.165) is 23.6 Å². The minimum absolute atomic E-state index is 0.143. The van der Waals surface area contributed by atoms with Crippen LogP contribution < -0.4 is 11.2 Å². The lowest BCUT2D eigenvalue weighted by Crippen LogP contribution is -2.32. The lowest BCUT2D eigenvalue weighted by atomic mass is 10.4. The molecule has 9 nitrogen and oxygen atoms in total. The molecule has 0 unspecified atom stereocenters. The Morgan fingerprint density at radius 1 is 1.43 bits per heavy atom. The fraction of sp³-hybridized carbons (Fsp3) is 0.400. The molecule has 1 aliphatic carbocycles. The first-order valence-corrected chi connectivity index (χ1v) is 8.26. The molecule has 11 heteroatoms. The van der Waals surface area contributed by atoms with Crippen LogP contribution in [0.4, 0.5) is 0 Å². The van der Waals surface area contributed by atoms with Crippen LogP contribution >= 0.6 is 10.7 Å². The third-order valence-corrected chi connectivity index (χ3v) is 4.29. The normalized spacial score (nSPS) is 15.3. The van der Waals surface area contributed by atoms with Crippen molar-refractivity contribution in [3.63, 3.8) is 0 Å². The first-order valence-electron chi connectivity index (χ1n) is 5.95. The van der Waals surface area contributed by atoms with Gasteiger partial charge in [0.05, 0.1) is 0 Å². The first-order chi connectivity index (χ1) is 9.84. The summed E-state index contributed by atoms with van der Waals surface area (Å²) in [5, 5.41) is 3.78. The maximum Gasteiger partial charge on any atom is 0.328 e. The first kappa shape index (κ1) is 14.0. The van der Waals surface area contributed by atoms with Gasteiger partial charge >= 0.3 is 5.69 Å². The molecule has 2 aromatic heterocycles. The molecule has 0 amide bonds. The lowest BCUT2D eigenvalue weighted by Gasteiger charge is -2.02. The maximum atomic E-state index is 11.7. The van der Waals surface area contributed by atoms with E-state index in [1.54, 1.807) is 0 Å². The smallest absolute Gasteiger partial charge is 0.328 e. The summed E-state index contributed by atoms with van der Waals surface area (Å²) in [4.78, 5) is 28.3. The summed E-state index contributed by atoms with van der Waals surface area (Å²) in [5.74, 6) is 0.991. The van der Waals surface area contributed by atoms with Crippen LogP contribution in [0.3, 0.4) is 0 Å². The van der Waals surface area contributed by atoms with Crippen molar-refractivity contribution in [3.05, 3.63) is 38.8 Å². The number of nitrogens with one attached hydrogen (secondary N) is 1. The second-order valence-corrected chi connectivity index (χ2v) is 7.17. The zero-order valence-corrected chi connectivity index (χ0v) is 12.0. The largest absolute Gasteiger partial charge is 0.337 e. The molecule has 21 heavy (non-hydrogen) atoms. The van der Waals surface area contributed by atoms with Crippen LogP contribution in [0.5, 0.6) is 0 Å². The molecule has 0 aromatic carbocycles. The van der Waals surface area contributed by atoms with Crippen LogP contribution in [-0.4, -0.2) is 28.1 Å². The van der Waals surface area contributed by atoms with E-state index in [4.69, 9.17) is 15.2 Å². The van der Waals surface area contributed by atoms with Gasteiger partial charge in [0.2, 0.25) is 5.89 Å². The Labute approximate surface area is 122 Å². The van der Waals surface area contributed by atoms with E-state index in [0.29, 0.717) is 5.82 Å². The summed E-state index contributed by atoms with van der Waals surface area (Å²) in [7, 11) is 0.869. The number of aromatic amines is 1. The molecule has 1 aliphatic rings. The average Bonchev–Trinajstić information content (AvgIpc) is 3.12. The van der Waals surface area contributed by atoms with Crippen LogP contribution in [-0.2, 0) is 15.6 Å². The number of hydrogen-bond acceptors (Lipinski definition) is 7. The van der Waals surface area contributed by atoms with Crippen molar-refractivity contribution in [2.45, 2.75) is 30.2 Å². The van der Waals surface area contributed by atoms with E-state index in [1.165, 1.54) is 0 Å². The second-order valence-electron chi connectivity index (χ2n) is 4.64. The number of rotatable bonds is 4. The Hall–Kier alpha value is -1.94. The van der Waals surface area contributed by atoms with Gasteiger partial charge in [0.25, 0.3) is 14.6 Å². The molecule has 0 bridgehead atoms. The zero-order valence-electron chi connectivity index (χ0n) is 10.4. The van der Waals surface area contributed by atoms with E-state index >= 15 is 0 Å². The van der Waals surface area contributed by atoms with E-state index in [-0.39, 0.29) is 18.4 Å². The summed E-state index contributed by atoms with van der Waals surface area (Å²) < 4.78 is 28.4. The maximum absolute atomic E-state index is 11.7. The SMILES string of the molecule is O=c1[nH]c(=O)n(Cc2nc(C3CC3)no2)cc1S(=O)(=O)Cl. The highest BCUT2D eigenvalue weighted by molar-refractivity contribution is 8.13. The van der Waals surface area contributed by atoms with Crippen molar-refractivity contribution in [3.8, 4) is 0 Å². The average molecular weight is 333 g/mol. The van der Waals surface area contributed by atoms with Crippen molar-refractivity contribution in [2.75, 3.05) is 0 Å². The molecule has 0 spiro atoms. The summed E-state index contributed by atoms with van der Waals surface area (Å²) in [6, 6.07) is 0. The lowest BCUT2D eigenvalue weighted by molar-refractivity contribution is 0.363. The molecule has 2 heterocycles. The topological polar surface area (TPSA) is 128 Å². The monoisotopic (exact) mass is 332 g/mol. The van der Waals surface area contributed by atoms with Gasteiger partial charge in [-0.2, -0.15) is 4.98 Å². The van der Waals surface area contributed by atoms with Gasteiger partial charge < -0.3 is 4.52 Å². The Kier molecular flexibility index (Phi) is 3.21. The van der Waals surface area contributed by atoms with Crippen LogP contribution in [0.1, 0.15) is 30.5 Å². The van der Waals surface area contributed by atoms with Gasteiger partial charge in [-0.1, -0.05) is 5.16 Å². The molecule has 0 atom stereocenters. The molecule has 0 saturated heterocycles. The minimum Gasteiger partial charge on any atom is -0.337 e. The molecule has 1 fully saturated rings. The predicted octanol–water partition coefficient (Wildman–Crippen LogP) is -0.227. The van der Waals surface area contributed by atoms with E-state index < -0.39 is 25.2 Å². The molecule has 1 saturated carbocycles. The molecule has 3 rings (SSSR count). The molecular weight excluding hydrogens is 324 g/mol. The summed E-state index contributed by atoms with van der Waals surface area (Å²) >= 11 is 0. The highest BCUT2D eigenvalue weighted by atomic mass is 35.7. The number of aromatic nitrogens is 4. The van der Waals surface area contributed by atoms with Crippen LogP contribution in [0.15, 0.2) is 25.2 Å². The number of hydrogen-bond donors (Lipinski definition) is 1. The fourth-order valence-corrected chi connectivity index (χ4v) is 2.62. The van der Waals surface area contributed by atoms with E-state index in [2.05, 4.69) is 10.1 Å². The highest BCUT2D eigenvalue weighted by Gasteiger charge is 2.29. The number of H-pyrrole nitrogens is 1. The predicted molar refractivity (Wildman–Crippen MR) is 69.7 cm³/mol. The van der Waals surface area contributed by atoms with Crippen LogP contribution in [0.25, 0.3) is 0 Å². The molecule has 1 N–H and O–H groups in total. The third-order valence-electron chi connectivity index (χ3n) is 2.97. The molecular formula is C10H9ClN4O5S. The van der Waals surface area contributed by atoms with Gasteiger partial charge in [-0.3, -0.25) is 14.3 Å². The van der Waals surface area contributed by atoms with Gasteiger partial charge in [0.1, 0.15) is 6.54 Å². The quantitative estimate of drug-likeness (QED) is 0.766. The highest BCUT2D eigenvalue weighted by Crippen LogP contribution is 2.38. The Morgan fingerprint density at radius 3 is 2.76 bits per heavy atom. The van der Waals surface area contributed by atoms with Crippen molar-refractivity contribution in [1.29, 1.82) is 0 Å². The van der Waals surface area contributed by atoms with Crippen LogP contribution in [0, 0.1) is 0 Å². The summed E-state index contributed by atoms with van der Waals surface area (Å²) in [5.41, 5.74) is -1.87. The van der Waals surface area contributed by atoms with E-state index in [9.17, 15) is 18.0 Å². The number of nitrogens with zero attached hydrogens (tertiary/aromatic N) is 3. The minimum atomic E-state index is -4.26. The van der Waals surface area contributed by atoms with E-state index in [1.807, 2.05) is 4.98 Å². The fourth-order valence-electron chi connectivity index (χ4n) is 1.77. The molecule has 0 radical (unpaired) electrons.